The molecule has 0 fully saturated rings. The Morgan fingerprint density at radius 3 is 1.70 bits per heavy atom. The summed E-state index contributed by atoms with van der Waals surface area (Å²) in [5, 5.41) is 0. The predicted octanol–water partition coefficient (Wildman–Crippen LogP) is 7.05. The van der Waals surface area contributed by atoms with E-state index in [4.69, 9.17) is 14.5 Å². The van der Waals surface area contributed by atoms with Crippen LogP contribution in [-0.4, -0.2) is 33.3 Å². The average Bonchev–Trinajstić information content (AvgIpc) is 2.65. The molecule has 2 atom stereocenters. The van der Waals surface area contributed by atoms with E-state index in [-0.39, 0.29) is 23.5 Å². The second-order valence-corrected chi connectivity index (χ2v) is 10.8. The molecule has 0 aliphatic carbocycles. The Labute approximate surface area is 192 Å². The molecule has 0 rings (SSSR count). The molecule has 0 bridgehead atoms. The highest BCUT2D eigenvalue weighted by Crippen LogP contribution is 2.36. The summed E-state index contributed by atoms with van der Waals surface area (Å²) >= 11 is 3.35. The highest BCUT2D eigenvalue weighted by atomic mass is 79.9. The third-order valence-corrected chi connectivity index (χ3v) is 6.28. The minimum atomic E-state index is -4.48. The molecule has 0 heterocycles. The molecular weight excluding hydrogens is 471 g/mol. The van der Waals surface area contributed by atoms with Gasteiger partial charge in [0.25, 0.3) is 0 Å². The molecule has 0 aliphatic heterocycles. The lowest BCUT2D eigenvalue weighted by molar-refractivity contribution is -0.147. The van der Waals surface area contributed by atoms with Gasteiger partial charge in [-0.1, -0.05) is 106 Å². The van der Waals surface area contributed by atoms with E-state index >= 15 is 0 Å². The first kappa shape index (κ1) is 30.1. The van der Waals surface area contributed by atoms with Gasteiger partial charge in [-0.05, 0) is 19.3 Å². The molecule has 0 saturated carbocycles. The van der Waals surface area contributed by atoms with Crippen LogP contribution in [0.15, 0.2) is 0 Å². The van der Waals surface area contributed by atoms with Gasteiger partial charge in [-0.25, -0.2) is 4.57 Å². The number of hydrogen-bond acceptors (Lipinski definition) is 4. The van der Waals surface area contributed by atoms with Crippen LogP contribution < -0.4 is 0 Å². The number of phosphoric ester groups is 1. The van der Waals surface area contributed by atoms with Crippen molar-refractivity contribution in [1.29, 1.82) is 0 Å². The third kappa shape index (κ3) is 22.7. The molecule has 2 N–H and O–H groups in total. The molecule has 2 unspecified atom stereocenters. The van der Waals surface area contributed by atoms with Crippen LogP contribution in [-0.2, 0) is 18.6 Å². The Morgan fingerprint density at radius 2 is 1.30 bits per heavy atom. The highest BCUT2D eigenvalue weighted by molar-refractivity contribution is 9.09. The van der Waals surface area contributed by atoms with Crippen molar-refractivity contribution in [1.82, 2.24) is 0 Å². The number of halogens is 1. The van der Waals surface area contributed by atoms with Crippen molar-refractivity contribution in [2.45, 2.75) is 128 Å². The molecule has 0 amide bonds. The predicted molar refractivity (Wildman–Crippen MR) is 126 cm³/mol. The number of unbranched alkanes of at least 4 members (excludes halogenated alkanes) is 13. The van der Waals surface area contributed by atoms with Crippen LogP contribution in [0.3, 0.4) is 0 Å². The second-order valence-electron chi connectivity index (χ2n) is 8.24. The van der Waals surface area contributed by atoms with Crippen molar-refractivity contribution in [3.8, 4) is 0 Å². The molecule has 0 aromatic rings. The Balaban J connectivity index is 3.70. The van der Waals surface area contributed by atoms with Gasteiger partial charge in [0, 0.05) is 11.8 Å². The Bertz CT molecular complexity index is 457. The fraction of sp³-hybridized carbons (Fsp3) is 0.955. The minimum absolute atomic E-state index is 0.124. The first-order chi connectivity index (χ1) is 14.2. The van der Waals surface area contributed by atoms with Crippen molar-refractivity contribution >= 4 is 29.7 Å². The monoisotopic (exact) mass is 514 g/mol. The van der Waals surface area contributed by atoms with Gasteiger partial charge in [-0.15, -0.1) is 0 Å². The average molecular weight is 515 g/mol. The zero-order chi connectivity index (χ0) is 22.7. The van der Waals surface area contributed by atoms with Crippen molar-refractivity contribution in [2.24, 2.45) is 0 Å². The second kappa shape index (κ2) is 19.7. The summed E-state index contributed by atoms with van der Waals surface area (Å²) in [4.78, 5) is 28.6. The number of hydrogen-bond donors (Lipinski definition) is 2. The lowest BCUT2D eigenvalue weighted by Gasteiger charge is -2.20. The molecular formula is C22H44BrO6P. The zero-order valence-corrected chi connectivity index (χ0v) is 21.5. The van der Waals surface area contributed by atoms with Gasteiger partial charge in [0.2, 0.25) is 0 Å². The van der Waals surface area contributed by atoms with Gasteiger partial charge in [0.15, 0.2) is 0 Å². The molecule has 0 aromatic carbocycles. The van der Waals surface area contributed by atoms with Crippen LogP contribution >= 0.6 is 23.8 Å². The van der Waals surface area contributed by atoms with Gasteiger partial charge >= 0.3 is 13.8 Å². The third-order valence-electron chi connectivity index (χ3n) is 5.15. The summed E-state index contributed by atoms with van der Waals surface area (Å²) in [6, 6.07) is 0. The Morgan fingerprint density at radius 1 is 0.867 bits per heavy atom. The summed E-state index contributed by atoms with van der Waals surface area (Å²) in [5.41, 5.74) is 0. The van der Waals surface area contributed by atoms with E-state index < -0.39 is 7.82 Å². The smallest absolute Gasteiger partial charge is 0.463 e. The van der Waals surface area contributed by atoms with Crippen molar-refractivity contribution < 1.29 is 28.4 Å². The van der Waals surface area contributed by atoms with Crippen LogP contribution in [0, 0.1) is 0 Å². The molecule has 0 aliphatic rings. The fourth-order valence-electron chi connectivity index (χ4n) is 3.56. The van der Waals surface area contributed by atoms with Crippen LogP contribution in [0.2, 0.25) is 0 Å². The largest absolute Gasteiger partial charge is 0.469 e. The van der Waals surface area contributed by atoms with Crippen molar-refractivity contribution in [3.05, 3.63) is 0 Å². The fourth-order valence-corrected chi connectivity index (χ4v) is 4.68. The Hall–Kier alpha value is 0.0600. The molecule has 0 spiro atoms. The van der Waals surface area contributed by atoms with E-state index in [1.54, 1.807) is 0 Å². The van der Waals surface area contributed by atoms with E-state index in [1.807, 2.05) is 0 Å². The number of carbonyl (C=O) groups excluding carboxylic acids is 1. The molecule has 0 saturated heterocycles. The number of rotatable bonds is 21. The summed E-state index contributed by atoms with van der Waals surface area (Å²) in [6.45, 7) is 3.51. The highest BCUT2D eigenvalue weighted by Gasteiger charge is 2.21. The van der Waals surface area contributed by atoms with E-state index in [2.05, 4.69) is 27.4 Å². The van der Waals surface area contributed by atoms with Gasteiger partial charge < -0.3 is 14.5 Å². The summed E-state index contributed by atoms with van der Waals surface area (Å²) in [5.74, 6) is -0.332. The van der Waals surface area contributed by atoms with E-state index in [0.717, 1.165) is 19.3 Å². The molecule has 0 aromatic heterocycles. The van der Waals surface area contributed by atoms with Crippen LogP contribution in [0.4, 0.5) is 0 Å². The zero-order valence-electron chi connectivity index (χ0n) is 19.0. The maximum atomic E-state index is 11.3. The lowest BCUT2D eigenvalue weighted by atomic mass is 10.0. The Kier molecular flexibility index (Phi) is 19.8. The van der Waals surface area contributed by atoms with Gasteiger partial charge in [-0.3, -0.25) is 9.32 Å². The normalized spacial score (nSPS) is 13.9. The van der Waals surface area contributed by atoms with Gasteiger partial charge in [-0.2, -0.15) is 0 Å². The molecule has 180 valence electrons. The number of phosphoric acid groups is 1. The van der Waals surface area contributed by atoms with Crippen molar-refractivity contribution in [3.63, 3.8) is 0 Å². The van der Waals surface area contributed by atoms with Crippen molar-refractivity contribution in [2.75, 3.05) is 6.61 Å². The first-order valence-corrected chi connectivity index (χ1v) is 14.2. The van der Waals surface area contributed by atoms with Gasteiger partial charge in [0.05, 0.1) is 6.61 Å². The summed E-state index contributed by atoms with van der Waals surface area (Å²) in [6.07, 6.45) is 19.1. The quantitative estimate of drug-likeness (QED) is 0.0736. The SMILES string of the molecule is CCCCCCCCCCCCCCCCC(CC(Br)COP(=O)(O)O)OC(C)=O. The topological polar surface area (TPSA) is 93.1 Å². The number of carbonyl (C=O) groups is 1. The van der Waals surface area contributed by atoms with Crippen LogP contribution in [0.5, 0.6) is 0 Å². The minimum Gasteiger partial charge on any atom is -0.463 e. The maximum absolute atomic E-state index is 11.3. The molecule has 30 heavy (non-hydrogen) atoms. The lowest BCUT2D eigenvalue weighted by Crippen LogP contribution is -2.22. The number of esters is 1. The van der Waals surface area contributed by atoms with E-state index in [9.17, 15) is 9.36 Å². The van der Waals surface area contributed by atoms with E-state index in [1.165, 1.54) is 84.0 Å². The molecule has 8 heteroatoms. The van der Waals surface area contributed by atoms with Gasteiger partial charge in [0.1, 0.15) is 6.10 Å². The van der Waals surface area contributed by atoms with E-state index in [0.29, 0.717) is 6.42 Å². The van der Waals surface area contributed by atoms with Crippen LogP contribution in [0.25, 0.3) is 0 Å². The molecule has 0 radical (unpaired) electrons. The summed E-state index contributed by atoms with van der Waals surface area (Å²) in [7, 11) is -4.48. The standard InChI is InChI=1S/C22H44BrO6P/c1-3-4-5-6-7-8-9-10-11-12-13-14-15-16-17-22(29-20(2)24)18-21(23)19-28-30(25,26)27/h21-22H,3-19H2,1-2H3,(H2,25,26,27). The number of ether oxygens (including phenoxy) is 1. The number of alkyl halides is 1. The molecule has 6 nitrogen and oxygen atoms in total. The first-order valence-electron chi connectivity index (χ1n) is 11.8. The van der Waals surface area contributed by atoms with Crippen LogP contribution in [0.1, 0.15) is 117 Å². The summed E-state index contributed by atoms with van der Waals surface area (Å²) < 4.78 is 20.6. The maximum Gasteiger partial charge on any atom is 0.469 e.